The molecule has 0 aliphatic heterocycles. The number of carbonyl (C=O) groups excluding carboxylic acids is 1. The van der Waals surface area contributed by atoms with E-state index in [0.717, 1.165) is 52.1 Å². The molecule has 1 unspecified atom stereocenters. The van der Waals surface area contributed by atoms with Gasteiger partial charge in [-0.1, -0.05) is 37.3 Å². The van der Waals surface area contributed by atoms with Gasteiger partial charge in [0.2, 0.25) is 0 Å². The van der Waals surface area contributed by atoms with Gasteiger partial charge in [0, 0.05) is 42.5 Å². The smallest absolute Gasteiger partial charge is 0.251 e. The SMILES string of the molecule is CNC(=O)c1ccnc2c(C(C)CCNc3cc(-c4ccc(C)cc4N)ncn3)cccc12. The van der Waals surface area contributed by atoms with Crippen molar-refractivity contribution in [2.24, 2.45) is 0 Å². The maximum atomic E-state index is 12.2. The number of nitrogen functional groups attached to an aromatic ring is 1. The van der Waals surface area contributed by atoms with Gasteiger partial charge in [-0.15, -0.1) is 0 Å². The van der Waals surface area contributed by atoms with Crippen molar-refractivity contribution in [1.82, 2.24) is 20.3 Å². The Morgan fingerprint density at radius 1 is 1.09 bits per heavy atom. The molecule has 0 saturated carbocycles. The molecule has 0 radical (unpaired) electrons. The van der Waals surface area contributed by atoms with E-state index < -0.39 is 0 Å². The number of pyridine rings is 1. The second-order valence-corrected chi connectivity index (χ2v) is 8.18. The molecule has 1 atom stereocenters. The van der Waals surface area contributed by atoms with E-state index in [1.54, 1.807) is 25.6 Å². The first kappa shape index (κ1) is 22.2. The molecule has 168 valence electrons. The predicted molar refractivity (Wildman–Crippen MR) is 133 cm³/mol. The average Bonchev–Trinajstić information content (AvgIpc) is 2.83. The number of rotatable bonds is 7. The van der Waals surface area contributed by atoms with Crippen LogP contribution in [0.15, 0.2) is 61.1 Å². The number of anilines is 2. The molecule has 4 rings (SSSR count). The lowest BCUT2D eigenvalue weighted by Gasteiger charge is -2.16. The summed E-state index contributed by atoms with van der Waals surface area (Å²) in [6.07, 6.45) is 4.12. The van der Waals surface area contributed by atoms with Crippen LogP contribution in [0.2, 0.25) is 0 Å². The summed E-state index contributed by atoms with van der Waals surface area (Å²) in [5.41, 5.74) is 12.3. The minimum atomic E-state index is -0.109. The van der Waals surface area contributed by atoms with Crippen LogP contribution < -0.4 is 16.4 Å². The molecule has 0 aliphatic rings. The van der Waals surface area contributed by atoms with E-state index in [1.165, 1.54) is 0 Å². The van der Waals surface area contributed by atoms with E-state index in [-0.39, 0.29) is 11.8 Å². The fourth-order valence-corrected chi connectivity index (χ4v) is 4.02. The second-order valence-electron chi connectivity index (χ2n) is 8.18. The highest BCUT2D eigenvalue weighted by Crippen LogP contribution is 2.29. The number of benzene rings is 2. The lowest BCUT2D eigenvalue weighted by Crippen LogP contribution is -2.18. The number of aromatic nitrogens is 3. The maximum absolute atomic E-state index is 12.2. The molecule has 33 heavy (non-hydrogen) atoms. The molecule has 4 N–H and O–H groups in total. The van der Waals surface area contributed by atoms with E-state index in [4.69, 9.17) is 5.73 Å². The summed E-state index contributed by atoms with van der Waals surface area (Å²) >= 11 is 0. The van der Waals surface area contributed by atoms with Gasteiger partial charge in [0.25, 0.3) is 5.91 Å². The summed E-state index contributed by atoms with van der Waals surface area (Å²) in [7, 11) is 1.64. The van der Waals surface area contributed by atoms with Crippen molar-refractivity contribution in [1.29, 1.82) is 0 Å². The minimum Gasteiger partial charge on any atom is -0.398 e. The molecular weight excluding hydrogens is 412 g/mol. The maximum Gasteiger partial charge on any atom is 0.251 e. The summed E-state index contributed by atoms with van der Waals surface area (Å²) in [5, 5.41) is 6.96. The molecule has 0 bridgehead atoms. The van der Waals surface area contributed by atoms with Gasteiger partial charge in [-0.3, -0.25) is 9.78 Å². The number of fused-ring (bicyclic) bond motifs is 1. The topological polar surface area (TPSA) is 106 Å². The Kier molecular flexibility index (Phi) is 6.49. The number of nitrogens with two attached hydrogens (primary N) is 1. The third-order valence-electron chi connectivity index (χ3n) is 5.84. The number of carbonyl (C=O) groups is 1. The van der Waals surface area contributed by atoms with Crippen molar-refractivity contribution in [3.63, 3.8) is 0 Å². The number of hydrogen-bond acceptors (Lipinski definition) is 6. The highest BCUT2D eigenvalue weighted by Gasteiger charge is 2.15. The van der Waals surface area contributed by atoms with Gasteiger partial charge in [-0.05, 0) is 42.5 Å². The lowest BCUT2D eigenvalue weighted by molar-refractivity contribution is 0.0964. The molecular formula is C26H28N6O. The summed E-state index contributed by atoms with van der Waals surface area (Å²) in [5.74, 6) is 0.885. The molecule has 7 heteroatoms. The third kappa shape index (κ3) is 4.77. The molecule has 0 spiro atoms. The van der Waals surface area contributed by atoms with E-state index in [2.05, 4.69) is 38.6 Å². The molecule has 2 aromatic heterocycles. The molecule has 2 aromatic carbocycles. The summed E-state index contributed by atoms with van der Waals surface area (Å²) < 4.78 is 0. The van der Waals surface area contributed by atoms with Crippen LogP contribution >= 0.6 is 0 Å². The van der Waals surface area contributed by atoms with Crippen LogP contribution in [0.4, 0.5) is 11.5 Å². The Morgan fingerprint density at radius 2 is 1.94 bits per heavy atom. The standard InChI is InChI=1S/C26H28N6O/c1-16-7-8-21(22(27)13-16)23-14-24(32-15-31-23)29-11-9-17(2)18-5-4-6-19-20(26(33)28-3)10-12-30-25(18)19/h4-8,10,12-15,17H,9,11,27H2,1-3H3,(H,28,33)(H,29,31,32). The van der Waals surface area contributed by atoms with Gasteiger partial charge in [0.05, 0.1) is 16.8 Å². The van der Waals surface area contributed by atoms with Gasteiger partial charge < -0.3 is 16.4 Å². The van der Waals surface area contributed by atoms with Crippen molar-refractivity contribution >= 4 is 28.3 Å². The van der Waals surface area contributed by atoms with Gasteiger partial charge >= 0.3 is 0 Å². The highest BCUT2D eigenvalue weighted by atomic mass is 16.1. The Bertz CT molecular complexity index is 1300. The molecule has 0 fully saturated rings. The number of para-hydroxylation sites is 1. The van der Waals surface area contributed by atoms with Crippen LogP contribution in [-0.4, -0.2) is 34.5 Å². The number of hydrogen-bond donors (Lipinski definition) is 3. The van der Waals surface area contributed by atoms with Crippen LogP contribution in [0.3, 0.4) is 0 Å². The first-order valence-corrected chi connectivity index (χ1v) is 11.0. The number of nitrogens with one attached hydrogen (secondary N) is 2. The van der Waals surface area contributed by atoms with Crippen molar-refractivity contribution in [2.45, 2.75) is 26.2 Å². The fraction of sp³-hybridized carbons (Fsp3) is 0.231. The molecule has 0 saturated heterocycles. The number of amides is 1. The van der Waals surface area contributed by atoms with E-state index in [0.29, 0.717) is 11.3 Å². The normalized spacial score (nSPS) is 11.8. The molecule has 1 amide bonds. The number of aryl methyl sites for hydroxylation is 1. The van der Waals surface area contributed by atoms with Crippen LogP contribution in [0.1, 0.15) is 40.7 Å². The monoisotopic (exact) mass is 440 g/mol. The first-order valence-electron chi connectivity index (χ1n) is 11.0. The average molecular weight is 441 g/mol. The Balaban J connectivity index is 1.48. The van der Waals surface area contributed by atoms with Gasteiger partial charge in [-0.25, -0.2) is 9.97 Å². The van der Waals surface area contributed by atoms with Gasteiger partial charge in [-0.2, -0.15) is 0 Å². The zero-order valence-electron chi connectivity index (χ0n) is 19.1. The van der Waals surface area contributed by atoms with Gasteiger partial charge in [0.1, 0.15) is 12.1 Å². The fourth-order valence-electron chi connectivity index (χ4n) is 4.02. The predicted octanol–water partition coefficient (Wildman–Crippen LogP) is 4.55. The highest BCUT2D eigenvalue weighted by molar-refractivity contribution is 6.06. The first-order chi connectivity index (χ1) is 16.0. The molecule has 2 heterocycles. The Morgan fingerprint density at radius 3 is 2.73 bits per heavy atom. The van der Waals surface area contributed by atoms with Crippen molar-refractivity contribution in [3.8, 4) is 11.3 Å². The van der Waals surface area contributed by atoms with Crippen molar-refractivity contribution < 1.29 is 4.79 Å². The zero-order valence-corrected chi connectivity index (χ0v) is 19.1. The third-order valence-corrected chi connectivity index (χ3v) is 5.84. The molecule has 0 aliphatic carbocycles. The van der Waals surface area contributed by atoms with E-state index in [1.807, 2.05) is 43.3 Å². The van der Waals surface area contributed by atoms with Crippen LogP contribution in [0.5, 0.6) is 0 Å². The Hall–Kier alpha value is -4.00. The van der Waals surface area contributed by atoms with Crippen LogP contribution in [0, 0.1) is 6.92 Å². The minimum absolute atomic E-state index is 0.109. The van der Waals surface area contributed by atoms with E-state index in [9.17, 15) is 4.79 Å². The van der Waals surface area contributed by atoms with Crippen molar-refractivity contribution in [2.75, 3.05) is 24.6 Å². The van der Waals surface area contributed by atoms with Gasteiger partial charge in [0.15, 0.2) is 0 Å². The largest absolute Gasteiger partial charge is 0.398 e. The molecule has 7 nitrogen and oxygen atoms in total. The molecule has 4 aromatic rings. The second kappa shape index (κ2) is 9.65. The van der Waals surface area contributed by atoms with Crippen LogP contribution in [-0.2, 0) is 0 Å². The lowest BCUT2D eigenvalue weighted by atomic mass is 9.93. The van der Waals surface area contributed by atoms with E-state index >= 15 is 0 Å². The van der Waals surface area contributed by atoms with Crippen LogP contribution in [0.25, 0.3) is 22.2 Å². The van der Waals surface area contributed by atoms with Crippen molar-refractivity contribution in [3.05, 3.63) is 77.7 Å². The summed E-state index contributed by atoms with van der Waals surface area (Å²) in [4.78, 5) is 25.5. The number of nitrogens with zero attached hydrogens (tertiary/aromatic N) is 3. The summed E-state index contributed by atoms with van der Waals surface area (Å²) in [6, 6.07) is 15.6. The quantitative estimate of drug-likeness (QED) is 0.364. The summed E-state index contributed by atoms with van der Waals surface area (Å²) in [6.45, 7) is 4.91. The zero-order chi connectivity index (χ0) is 23.4. The Labute approximate surface area is 193 Å².